The number of alkyl halides is 2. The van der Waals surface area contributed by atoms with Crippen LogP contribution in [0, 0.1) is 0 Å². The molecule has 0 atom stereocenters. The highest BCUT2D eigenvalue weighted by Gasteiger charge is 2.16. The van der Waals surface area contributed by atoms with Crippen LogP contribution in [0.2, 0.25) is 0 Å². The number of ether oxygens (including phenoxy) is 2. The second kappa shape index (κ2) is 6.20. The molecule has 0 saturated heterocycles. The minimum Gasteiger partial charge on any atom is -0.493 e. The first-order valence-corrected chi connectivity index (χ1v) is 5.04. The van der Waals surface area contributed by atoms with Gasteiger partial charge in [0.1, 0.15) is 0 Å². The molecule has 0 radical (unpaired) electrons. The maximum atomic E-state index is 12.8. The largest absolute Gasteiger partial charge is 0.493 e. The van der Waals surface area contributed by atoms with Gasteiger partial charge in [0.05, 0.1) is 14.2 Å². The molecule has 0 heterocycles. The first-order valence-electron chi connectivity index (χ1n) is 5.04. The summed E-state index contributed by atoms with van der Waals surface area (Å²) in [5.74, 6) is 0.696. The molecule has 0 aliphatic heterocycles. The molecule has 5 heteroatoms. The summed E-state index contributed by atoms with van der Waals surface area (Å²) in [5, 5.41) is 0. The average molecular weight is 243 g/mol. The molecular formula is C12H15F2NO2. The number of nitrogens with two attached hydrogens (primary N) is 1. The van der Waals surface area contributed by atoms with Crippen molar-refractivity contribution in [3.63, 3.8) is 0 Å². The van der Waals surface area contributed by atoms with Crippen molar-refractivity contribution in [1.29, 1.82) is 0 Å². The van der Waals surface area contributed by atoms with E-state index < -0.39 is 6.43 Å². The van der Waals surface area contributed by atoms with E-state index in [4.69, 9.17) is 15.2 Å². The number of halogens is 2. The van der Waals surface area contributed by atoms with E-state index >= 15 is 0 Å². The maximum absolute atomic E-state index is 12.8. The third-order valence-corrected chi connectivity index (χ3v) is 2.26. The normalized spacial score (nSPS) is 11.2. The molecular weight excluding hydrogens is 228 g/mol. The zero-order chi connectivity index (χ0) is 12.8. The van der Waals surface area contributed by atoms with Crippen molar-refractivity contribution in [2.75, 3.05) is 20.8 Å². The smallest absolute Gasteiger partial charge is 0.264 e. The van der Waals surface area contributed by atoms with E-state index in [1.54, 1.807) is 12.2 Å². The van der Waals surface area contributed by atoms with E-state index in [-0.39, 0.29) is 17.9 Å². The van der Waals surface area contributed by atoms with Gasteiger partial charge in [-0.1, -0.05) is 12.2 Å². The summed E-state index contributed by atoms with van der Waals surface area (Å²) in [6.45, 7) is 0.289. The zero-order valence-electron chi connectivity index (χ0n) is 9.74. The molecule has 0 unspecified atom stereocenters. The standard InChI is InChI=1S/C12H15F2NO2/c1-16-10-6-8(4-3-5-15)9(12(13)14)7-11(10)17-2/h3-4,6-7,12H,5,15H2,1-2H3/b4-3+. The number of rotatable bonds is 5. The van der Waals surface area contributed by atoms with Crippen molar-refractivity contribution in [2.45, 2.75) is 6.43 Å². The lowest BCUT2D eigenvalue weighted by atomic mass is 10.1. The van der Waals surface area contributed by atoms with Gasteiger partial charge in [-0.25, -0.2) is 8.78 Å². The van der Waals surface area contributed by atoms with E-state index in [0.29, 0.717) is 11.3 Å². The Kier molecular flexibility index (Phi) is 4.90. The molecule has 0 aliphatic carbocycles. The van der Waals surface area contributed by atoms with Crippen molar-refractivity contribution >= 4 is 6.08 Å². The van der Waals surface area contributed by atoms with Gasteiger partial charge in [-0.2, -0.15) is 0 Å². The SMILES string of the molecule is COc1cc(/C=C/CN)c(C(F)F)cc1OC. The van der Waals surface area contributed by atoms with Crippen LogP contribution in [0.4, 0.5) is 8.78 Å². The first kappa shape index (κ1) is 13.4. The van der Waals surface area contributed by atoms with Crippen molar-refractivity contribution in [2.24, 2.45) is 5.73 Å². The Morgan fingerprint density at radius 1 is 1.24 bits per heavy atom. The van der Waals surface area contributed by atoms with Crippen molar-refractivity contribution in [3.8, 4) is 11.5 Å². The van der Waals surface area contributed by atoms with Crippen LogP contribution in [0.15, 0.2) is 18.2 Å². The monoisotopic (exact) mass is 243 g/mol. The molecule has 0 amide bonds. The minimum atomic E-state index is -2.58. The minimum absolute atomic E-state index is 0.104. The van der Waals surface area contributed by atoms with Crippen molar-refractivity contribution < 1.29 is 18.3 Å². The molecule has 0 saturated carbocycles. The van der Waals surface area contributed by atoms with Gasteiger partial charge in [0.2, 0.25) is 0 Å². The van der Waals surface area contributed by atoms with E-state index in [1.807, 2.05) is 0 Å². The predicted molar refractivity (Wildman–Crippen MR) is 62.6 cm³/mol. The molecule has 0 bridgehead atoms. The van der Waals surface area contributed by atoms with E-state index in [1.165, 1.54) is 26.4 Å². The number of benzene rings is 1. The molecule has 0 spiro atoms. The number of hydrogen-bond acceptors (Lipinski definition) is 3. The fourth-order valence-electron chi connectivity index (χ4n) is 1.44. The van der Waals surface area contributed by atoms with Gasteiger partial charge in [0, 0.05) is 12.1 Å². The Labute approximate surface area is 98.8 Å². The van der Waals surface area contributed by atoms with Crippen LogP contribution < -0.4 is 15.2 Å². The zero-order valence-corrected chi connectivity index (χ0v) is 9.74. The van der Waals surface area contributed by atoms with Gasteiger partial charge >= 0.3 is 0 Å². The second-order valence-corrected chi connectivity index (χ2v) is 3.27. The van der Waals surface area contributed by atoms with E-state index in [2.05, 4.69) is 0 Å². The molecule has 17 heavy (non-hydrogen) atoms. The summed E-state index contributed by atoms with van der Waals surface area (Å²) in [7, 11) is 2.86. The molecule has 0 aliphatic rings. The quantitative estimate of drug-likeness (QED) is 0.864. The van der Waals surface area contributed by atoms with Gasteiger partial charge < -0.3 is 15.2 Å². The molecule has 1 rings (SSSR count). The molecule has 94 valence electrons. The fraction of sp³-hybridized carbons (Fsp3) is 0.333. The van der Waals surface area contributed by atoms with E-state index in [0.717, 1.165) is 0 Å². The summed E-state index contributed by atoms with van der Waals surface area (Å²) < 4.78 is 35.7. The Balaban J connectivity index is 3.29. The second-order valence-electron chi connectivity index (χ2n) is 3.27. The van der Waals surface area contributed by atoms with E-state index in [9.17, 15) is 8.78 Å². The lowest BCUT2D eigenvalue weighted by Gasteiger charge is -2.12. The number of methoxy groups -OCH3 is 2. The van der Waals surface area contributed by atoms with Gasteiger partial charge in [-0.05, 0) is 17.7 Å². The Hall–Kier alpha value is -1.62. The number of hydrogen-bond donors (Lipinski definition) is 1. The summed E-state index contributed by atoms with van der Waals surface area (Å²) in [6.07, 6.45) is 0.573. The maximum Gasteiger partial charge on any atom is 0.264 e. The molecule has 1 aromatic carbocycles. The highest BCUT2D eigenvalue weighted by molar-refractivity contribution is 5.60. The summed E-state index contributed by atoms with van der Waals surface area (Å²) >= 11 is 0. The lowest BCUT2D eigenvalue weighted by Crippen LogP contribution is -1.97. The lowest BCUT2D eigenvalue weighted by molar-refractivity contribution is 0.150. The molecule has 0 aromatic heterocycles. The van der Waals surface area contributed by atoms with Crippen molar-refractivity contribution in [1.82, 2.24) is 0 Å². The molecule has 3 nitrogen and oxygen atoms in total. The summed E-state index contributed by atoms with van der Waals surface area (Å²) in [4.78, 5) is 0. The van der Waals surface area contributed by atoms with Crippen LogP contribution in [0.25, 0.3) is 6.08 Å². The van der Waals surface area contributed by atoms with Crippen LogP contribution >= 0.6 is 0 Å². The van der Waals surface area contributed by atoms with Gasteiger partial charge in [-0.15, -0.1) is 0 Å². The van der Waals surface area contributed by atoms with Crippen LogP contribution in [0.1, 0.15) is 17.6 Å². The van der Waals surface area contributed by atoms with Crippen LogP contribution in [0.5, 0.6) is 11.5 Å². The molecule has 2 N–H and O–H groups in total. The van der Waals surface area contributed by atoms with Gasteiger partial charge in [0.15, 0.2) is 11.5 Å². The fourth-order valence-corrected chi connectivity index (χ4v) is 1.44. The topological polar surface area (TPSA) is 44.5 Å². The Bertz CT molecular complexity index is 406. The van der Waals surface area contributed by atoms with Crippen LogP contribution in [0.3, 0.4) is 0 Å². The van der Waals surface area contributed by atoms with Crippen LogP contribution in [-0.4, -0.2) is 20.8 Å². The van der Waals surface area contributed by atoms with Crippen LogP contribution in [-0.2, 0) is 0 Å². The molecule has 0 fully saturated rings. The first-order chi connectivity index (χ1) is 8.13. The Morgan fingerprint density at radius 2 is 1.82 bits per heavy atom. The van der Waals surface area contributed by atoms with Crippen molar-refractivity contribution in [3.05, 3.63) is 29.3 Å². The Morgan fingerprint density at radius 3 is 2.29 bits per heavy atom. The predicted octanol–water partition coefficient (Wildman–Crippen LogP) is 2.61. The highest BCUT2D eigenvalue weighted by Crippen LogP contribution is 2.35. The summed E-state index contributed by atoms with van der Waals surface area (Å²) in [6, 6.07) is 2.78. The highest BCUT2D eigenvalue weighted by atomic mass is 19.3. The third-order valence-electron chi connectivity index (χ3n) is 2.26. The third kappa shape index (κ3) is 3.17. The van der Waals surface area contributed by atoms with Gasteiger partial charge in [-0.3, -0.25) is 0 Å². The molecule has 1 aromatic rings. The average Bonchev–Trinajstić information content (AvgIpc) is 2.34. The summed E-state index contributed by atoms with van der Waals surface area (Å²) in [5.41, 5.74) is 5.57. The van der Waals surface area contributed by atoms with Gasteiger partial charge in [0.25, 0.3) is 6.43 Å².